The van der Waals surface area contributed by atoms with E-state index in [0.29, 0.717) is 0 Å². The number of rotatable bonds is 5. The van der Waals surface area contributed by atoms with Crippen molar-refractivity contribution in [1.82, 2.24) is 0 Å². The van der Waals surface area contributed by atoms with Gasteiger partial charge in [-0.15, -0.1) is 0 Å². The predicted molar refractivity (Wildman–Crippen MR) is 52.4 cm³/mol. The first-order chi connectivity index (χ1) is 6.04. The van der Waals surface area contributed by atoms with Crippen LogP contribution in [0.5, 0.6) is 0 Å². The van der Waals surface area contributed by atoms with E-state index in [0.717, 1.165) is 25.7 Å². The minimum atomic E-state index is -0.459. The van der Waals surface area contributed by atoms with Gasteiger partial charge in [0.2, 0.25) is 0 Å². The number of aliphatic hydroxyl groups excluding tert-OH is 1. The minimum absolute atomic E-state index is 0.127. The molecule has 0 aromatic rings. The summed E-state index contributed by atoms with van der Waals surface area (Å²) in [7, 11) is 0. The lowest BCUT2D eigenvalue weighted by molar-refractivity contribution is -0.131. The van der Waals surface area contributed by atoms with Crippen molar-refractivity contribution >= 4 is 5.78 Å². The molecule has 0 aromatic heterocycles. The van der Waals surface area contributed by atoms with E-state index in [1.807, 2.05) is 6.92 Å². The SMILES string of the molecule is CCCC(C)C(=O)C1(C(C)O)CC1. The zero-order chi connectivity index (χ0) is 10.1. The lowest BCUT2D eigenvalue weighted by Crippen LogP contribution is -2.32. The lowest BCUT2D eigenvalue weighted by Gasteiger charge is -2.21. The Morgan fingerprint density at radius 2 is 2.00 bits per heavy atom. The molecule has 0 aromatic carbocycles. The summed E-state index contributed by atoms with van der Waals surface area (Å²) in [5.74, 6) is 0.409. The Morgan fingerprint density at radius 3 is 2.31 bits per heavy atom. The number of carbonyl (C=O) groups is 1. The maximum absolute atomic E-state index is 11.9. The average Bonchev–Trinajstić information content (AvgIpc) is 2.83. The van der Waals surface area contributed by atoms with E-state index in [1.165, 1.54) is 0 Å². The number of carbonyl (C=O) groups excluding carboxylic acids is 1. The second kappa shape index (κ2) is 3.79. The topological polar surface area (TPSA) is 37.3 Å². The van der Waals surface area contributed by atoms with E-state index in [4.69, 9.17) is 0 Å². The van der Waals surface area contributed by atoms with Gasteiger partial charge in [-0.2, -0.15) is 0 Å². The zero-order valence-electron chi connectivity index (χ0n) is 8.84. The molecule has 1 aliphatic rings. The fourth-order valence-electron chi connectivity index (χ4n) is 2.06. The Hall–Kier alpha value is -0.370. The van der Waals surface area contributed by atoms with Crippen LogP contribution >= 0.6 is 0 Å². The van der Waals surface area contributed by atoms with Crippen molar-refractivity contribution in [3.8, 4) is 0 Å². The minimum Gasteiger partial charge on any atom is -0.392 e. The van der Waals surface area contributed by atoms with Crippen molar-refractivity contribution in [2.24, 2.45) is 11.3 Å². The monoisotopic (exact) mass is 184 g/mol. The van der Waals surface area contributed by atoms with Crippen molar-refractivity contribution < 1.29 is 9.90 Å². The summed E-state index contributed by atoms with van der Waals surface area (Å²) >= 11 is 0. The molecule has 1 rings (SSSR count). The third kappa shape index (κ3) is 1.93. The van der Waals surface area contributed by atoms with Crippen LogP contribution in [0, 0.1) is 11.3 Å². The highest BCUT2D eigenvalue weighted by molar-refractivity contribution is 5.89. The van der Waals surface area contributed by atoms with E-state index in [9.17, 15) is 9.90 Å². The third-order valence-electron chi connectivity index (χ3n) is 3.25. The smallest absolute Gasteiger partial charge is 0.144 e. The van der Waals surface area contributed by atoms with Crippen molar-refractivity contribution in [2.75, 3.05) is 0 Å². The number of hydrogen-bond donors (Lipinski definition) is 1. The van der Waals surface area contributed by atoms with Gasteiger partial charge in [-0.3, -0.25) is 4.79 Å². The molecule has 0 radical (unpaired) electrons. The maximum Gasteiger partial charge on any atom is 0.144 e. The fourth-order valence-corrected chi connectivity index (χ4v) is 2.06. The molecule has 0 amide bonds. The van der Waals surface area contributed by atoms with Crippen molar-refractivity contribution in [3.63, 3.8) is 0 Å². The second-order valence-corrected chi connectivity index (χ2v) is 4.39. The van der Waals surface area contributed by atoms with Crippen molar-refractivity contribution in [2.45, 2.75) is 52.6 Å². The Morgan fingerprint density at radius 1 is 1.46 bits per heavy atom. The van der Waals surface area contributed by atoms with Gasteiger partial charge in [-0.25, -0.2) is 0 Å². The molecule has 0 saturated heterocycles. The molecule has 1 N–H and O–H groups in total. The van der Waals surface area contributed by atoms with Gasteiger partial charge in [-0.1, -0.05) is 20.3 Å². The first kappa shape index (κ1) is 10.7. The molecule has 0 bridgehead atoms. The molecule has 2 unspecified atom stereocenters. The molecule has 13 heavy (non-hydrogen) atoms. The Labute approximate surface area is 80.3 Å². The third-order valence-corrected chi connectivity index (χ3v) is 3.25. The lowest BCUT2D eigenvalue weighted by atomic mass is 9.85. The van der Waals surface area contributed by atoms with E-state index >= 15 is 0 Å². The molecule has 76 valence electrons. The van der Waals surface area contributed by atoms with E-state index < -0.39 is 6.10 Å². The molecule has 0 heterocycles. The quantitative estimate of drug-likeness (QED) is 0.711. The van der Waals surface area contributed by atoms with Crippen molar-refractivity contribution in [1.29, 1.82) is 0 Å². The molecule has 2 atom stereocenters. The molecule has 1 fully saturated rings. The van der Waals surface area contributed by atoms with Crippen LogP contribution in [0.3, 0.4) is 0 Å². The Balaban J connectivity index is 2.57. The zero-order valence-corrected chi connectivity index (χ0v) is 8.84. The number of ketones is 1. The van der Waals surface area contributed by atoms with Gasteiger partial charge in [-0.05, 0) is 26.2 Å². The molecule has 1 saturated carbocycles. The van der Waals surface area contributed by atoms with Gasteiger partial charge in [0.05, 0.1) is 11.5 Å². The summed E-state index contributed by atoms with van der Waals surface area (Å²) in [6.45, 7) is 5.81. The van der Waals surface area contributed by atoms with Crippen LogP contribution in [0.4, 0.5) is 0 Å². The maximum atomic E-state index is 11.9. The van der Waals surface area contributed by atoms with Crippen LogP contribution in [0.2, 0.25) is 0 Å². The van der Waals surface area contributed by atoms with Gasteiger partial charge >= 0.3 is 0 Å². The molecular formula is C11H20O2. The van der Waals surface area contributed by atoms with E-state index in [1.54, 1.807) is 6.92 Å². The van der Waals surface area contributed by atoms with E-state index in [2.05, 4.69) is 6.92 Å². The predicted octanol–water partition coefficient (Wildman–Crippen LogP) is 2.15. The highest BCUT2D eigenvalue weighted by Crippen LogP contribution is 2.51. The molecule has 1 aliphatic carbocycles. The molecule has 0 spiro atoms. The summed E-state index contributed by atoms with van der Waals surface area (Å²) in [5.41, 5.74) is -0.353. The largest absolute Gasteiger partial charge is 0.392 e. The Bertz CT molecular complexity index is 192. The highest BCUT2D eigenvalue weighted by atomic mass is 16.3. The van der Waals surface area contributed by atoms with Gasteiger partial charge in [0.15, 0.2) is 0 Å². The van der Waals surface area contributed by atoms with Crippen LogP contribution in [0.15, 0.2) is 0 Å². The number of Topliss-reactive ketones (excluding diaryl/α,β-unsaturated/α-hetero) is 1. The normalized spacial score (nSPS) is 23.7. The van der Waals surface area contributed by atoms with Crippen LogP contribution in [-0.2, 0) is 4.79 Å². The first-order valence-corrected chi connectivity index (χ1v) is 5.27. The van der Waals surface area contributed by atoms with Crippen LogP contribution in [-0.4, -0.2) is 17.0 Å². The summed E-state index contributed by atoms with van der Waals surface area (Å²) in [4.78, 5) is 11.9. The first-order valence-electron chi connectivity index (χ1n) is 5.27. The standard InChI is InChI=1S/C11H20O2/c1-4-5-8(2)10(13)11(6-7-11)9(3)12/h8-9,12H,4-7H2,1-3H3. The van der Waals surface area contributed by atoms with E-state index in [-0.39, 0.29) is 17.1 Å². The Kier molecular flexibility index (Phi) is 3.12. The summed E-state index contributed by atoms with van der Waals surface area (Å²) in [6, 6.07) is 0. The molecular weight excluding hydrogens is 164 g/mol. The molecule has 2 heteroatoms. The summed E-state index contributed by atoms with van der Waals surface area (Å²) < 4.78 is 0. The average molecular weight is 184 g/mol. The molecule has 0 aliphatic heterocycles. The second-order valence-electron chi connectivity index (χ2n) is 4.39. The summed E-state index contributed by atoms with van der Waals surface area (Å²) in [5, 5.41) is 9.51. The molecule has 2 nitrogen and oxygen atoms in total. The van der Waals surface area contributed by atoms with Crippen LogP contribution < -0.4 is 0 Å². The van der Waals surface area contributed by atoms with Gasteiger partial charge in [0.1, 0.15) is 5.78 Å². The van der Waals surface area contributed by atoms with Crippen LogP contribution in [0.25, 0.3) is 0 Å². The number of hydrogen-bond acceptors (Lipinski definition) is 2. The van der Waals surface area contributed by atoms with Gasteiger partial charge in [0.25, 0.3) is 0 Å². The van der Waals surface area contributed by atoms with Gasteiger partial charge < -0.3 is 5.11 Å². The fraction of sp³-hybridized carbons (Fsp3) is 0.909. The highest BCUT2D eigenvalue weighted by Gasteiger charge is 2.53. The summed E-state index contributed by atoms with van der Waals surface area (Å²) in [6.07, 6.45) is 3.31. The van der Waals surface area contributed by atoms with Gasteiger partial charge in [0, 0.05) is 5.92 Å². The van der Waals surface area contributed by atoms with Crippen molar-refractivity contribution in [3.05, 3.63) is 0 Å². The number of aliphatic hydroxyl groups is 1. The van der Waals surface area contributed by atoms with Crippen LogP contribution in [0.1, 0.15) is 46.5 Å².